The molecule has 4 nitrogen and oxygen atoms in total. The monoisotopic (exact) mass is 219 g/mol. The number of aromatic nitrogens is 1. The highest BCUT2D eigenvalue weighted by atomic mass is 16.2. The van der Waals surface area contributed by atoms with Gasteiger partial charge in [0.05, 0.1) is 0 Å². The Morgan fingerprint density at radius 1 is 1.56 bits per heavy atom. The van der Waals surface area contributed by atoms with Crippen molar-refractivity contribution in [3.05, 3.63) is 23.9 Å². The number of hydrogen-bond acceptors (Lipinski definition) is 3. The summed E-state index contributed by atoms with van der Waals surface area (Å²) in [7, 11) is 1.80. The Morgan fingerprint density at radius 2 is 2.38 bits per heavy atom. The number of hydrogen-bond donors (Lipinski definition) is 1. The normalized spacial score (nSPS) is 19.9. The lowest BCUT2D eigenvalue weighted by atomic mass is 10.2. The average Bonchev–Trinajstić information content (AvgIpc) is 2.75. The van der Waals surface area contributed by atoms with Gasteiger partial charge in [0.1, 0.15) is 11.5 Å². The highest BCUT2D eigenvalue weighted by molar-refractivity contribution is 5.92. The van der Waals surface area contributed by atoms with Gasteiger partial charge < -0.3 is 10.2 Å². The van der Waals surface area contributed by atoms with Gasteiger partial charge in [-0.1, -0.05) is 13.0 Å². The first-order valence-corrected chi connectivity index (χ1v) is 5.65. The topological polar surface area (TPSA) is 45.2 Å². The van der Waals surface area contributed by atoms with E-state index in [1.165, 1.54) is 0 Å². The molecule has 1 aliphatic heterocycles. The zero-order chi connectivity index (χ0) is 11.5. The smallest absolute Gasteiger partial charge is 0.272 e. The first-order chi connectivity index (χ1) is 7.70. The molecule has 1 amide bonds. The minimum Gasteiger partial charge on any atom is -0.373 e. The molecule has 4 heteroatoms. The maximum atomic E-state index is 12.1. The zero-order valence-electron chi connectivity index (χ0n) is 9.73. The standard InChI is InChI=1S/C12H17N3O/c1-9-6-7-15(8-9)12(16)10-4-3-5-11(13-2)14-10/h3-5,9H,6-8H2,1-2H3,(H,13,14). The molecule has 2 rings (SSSR count). The third kappa shape index (κ3) is 2.15. The second-order valence-electron chi connectivity index (χ2n) is 4.30. The van der Waals surface area contributed by atoms with E-state index >= 15 is 0 Å². The lowest BCUT2D eigenvalue weighted by molar-refractivity contribution is 0.0782. The molecule has 1 aromatic heterocycles. The number of nitrogens with zero attached hydrogens (tertiary/aromatic N) is 2. The second-order valence-corrected chi connectivity index (χ2v) is 4.30. The predicted molar refractivity (Wildman–Crippen MR) is 63.5 cm³/mol. The van der Waals surface area contributed by atoms with E-state index in [0.29, 0.717) is 11.6 Å². The maximum Gasteiger partial charge on any atom is 0.272 e. The molecular formula is C12H17N3O. The van der Waals surface area contributed by atoms with Crippen LogP contribution in [0.15, 0.2) is 18.2 Å². The number of pyridine rings is 1. The van der Waals surface area contributed by atoms with E-state index in [1.807, 2.05) is 17.0 Å². The number of rotatable bonds is 2. The van der Waals surface area contributed by atoms with Crippen LogP contribution in [0.25, 0.3) is 0 Å². The summed E-state index contributed by atoms with van der Waals surface area (Å²) in [5, 5.41) is 2.94. The number of likely N-dealkylation sites (tertiary alicyclic amines) is 1. The van der Waals surface area contributed by atoms with Crippen LogP contribution in [0.4, 0.5) is 5.82 Å². The molecule has 0 aliphatic carbocycles. The van der Waals surface area contributed by atoms with Crippen LogP contribution in [0.5, 0.6) is 0 Å². The van der Waals surface area contributed by atoms with E-state index < -0.39 is 0 Å². The Bertz CT molecular complexity index is 392. The number of nitrogens with one attached hydrogen (secondary N) is 1. The van der Waals surface area contributed by atoms with Crippen LogP contribution in [0, 0.1) is 5.92 Å². The van der Waals surface area contributed by atoms with Gasteiger partial charge in [0.2, 0.25) is 0 Å². The molecule has 1 atom stereocenters. The summed E-state index contributed by atoms with van der Waals surface area (Å²) in [5.74, 6) is 1.39. The van der Waals surface area contributed by atoms with Gasteiger partial charge in [0.25, 0.3) is 5.91 Å². The molecular weight excluding hydrogens is 202 g/mol. The summed E-state index contributed by atoms with van der Waals surface area (Å²) < 4.78 is 0. The Labute approximate surface area is 95.7 Å². The van der Waals surface area contributed by atoms with Gasteiger partial charge in [0.15, 0.2) is 0 Å². The molecule has 0 aromatic carbocycles. The molecule has 16 heavy (non-hydrogen) atoms. The Kier molecular flexibility index (Phi) is 3.08. The van der Waals surface area contributed by atoms with Crippen molar-refractivity contribution in [2.24, 2.45) is 5.92 Å². The molecule has 1 unspecified atom stereocenters. The van der Waals surface area contributed by atoms with Crippen molar-refractivity contribution in [3.8, 4) is 0 Å². The van der Waals surface area contributed by atoms with Crippen LogP contribution in [0.2, 0.25) is 0 Å². The van der Waals surface area contributed by atoms with Gasteiger partial charge in [-0.05, 0) is 24.5 Å². The first-order valence-electron chi connectivity index (χ1n) is 5.65. The summed E-state index contributed by atoms with van der Waals surface area (Å²) in [5.41, 5.74) is 0.529. The van der Waals surface area contributed by atoms with Crippen LogP contribution in [-0.2, 0) is 0 Å². The van der Waals surface area contributed by atoms with Crippen molar-refractivity contribution in [1.29, 1.82) is 0 Å². The molecule has 1 saturated heterocycles. The third-order valence-electron chi connectivity index (χ3n) is 2.94. The quantitative estimate of drug-likeness (QED) is 0.821. The second kappa shape index (κ2) is 4.51. The largest absolute Gasteiger partial charge is 0.373 e. The van der Waals surface area contributed by atoms with E-state index in [-0.39, 0.29) is 5.91 Å². The van der Waals surface area contributed by atoms with Gasteiger partial charge >= 0.3 is 0 Å². The van der Waals surface area contributed by atoms with Crippen molar-refractivity contribution < 1.29 is 4.79 Å². The van der Waals surface area contributed by atoms with E-state index in [4.69, 9.17) is 0 Å². The van der Waals surface area contributed by atoms with Crippen LogP contribution < -0.4 is 5.32 Å². The zero-order valence-corrected chi connectivity index (χ0v) is 9.73. The van der Waals surface area contributed by atoms with E-state index in [1.54, 1.807) is 13.1 Å². The summed E-state index contributed by atoms with van der Waals surface area (Å²) >= 11 is 0. The van der Waals surface area contributed by atoms with E-state index in [9.17, 15) is 4.79 Å². The molecule has 0 saturated carbocycles. The molecule has 0 bridgehead atoms. The van der Waals surface area contributed by atoms with E-state index in [0.717, 1.165) is 25.3 Å². The molecule has 1 aromatic rings. The fraction of sp³-hybridized carbons (Fsp3) is 0.500. The number of anilines is 1. The Hall–Kier alpha value is -1.58. The first kappa shape index (κ1) is 10.9. The molecule has 1 aliphatic rings. The average molecular weight is 219 g/mol. The fourth-order valence-electron chi connectivity index (χ4n) is 1.97. The van der Waals surface area contributed by atoms with Crippen molar-refractivity contribution >= 4 is 11.7 Å². The Morgan fingerprint density at radius 3 is 3.00 bits per heavy atom. The minimum atomic E-state index is 0.0430. The van der Waals surface area contributed by atoms with Crippen LogP contribution in [0.1, 0.15) is 23.8 Å². The van der Waals surface area contributed by atoms with Crippen molar-refractivity contribution in [3.63, 3.8) is 0 Å². The number of amides is 1. The minimum absolute atomic E-state index is 0.0430. The lowest BCUT2D eigenvalue weighted by Gasteiger charge is -2.15. The molecule has 1 N–H and O–H groups in total. The van der Waals surface area contributed by atoms with Crippen LogP contribution in [-0.4, -0.2) is 35.9 Å². The number of carbonyl (C=O) groups excluding carboxylic acids is 1. The van der Waals surface area contributed by atoms with Gasteiger partial charge in [0, 0.05) is 20.1 Å². The van der Waals surface area contributed by atoms with Gasteiger partial charge in [-0.25, -0.2) is 4.98 Å². The van der Waals surface area contributed by atoms with Gasteiger partial charge in [-0.15, -0.1) is 0 Å². The summed E-state index contributed by atoms with van der Waals surface area (Å²) in [4.78, 5) is 18.2. The third-order valence-corrected chi connectivity index (χ3v) is 2.94. The molecule has 0 spiro atoms. The predicted octanol–water partition coefficient (Wildman–Crippen LogP) is 1.61. The van der Waals surface area contributed by atoms with Gasteiger partial charge in [-0.3, -0.25) is 4.79 Å². The van der Waals surface area contributed by atoms with Gasteiger partial charge in [-0.2, -0.15) is 0 Å². The molecule has 0 radical (unpaired) electrons. The number of carbonyl (C=O) groups is 1. The summed E-state index contributed by atoms with van der Waals surface area (Å²) in [6.07, 6.45) is 1.09. The fourth-order valence-corrected chi connectivity index (χ4v) is 1.97. The summed E-state index contributed by atoms with van der Waals surface area (Å²) in [6, 6.07) is 5.47. The lowest BCUT2D eigenvalue weighted by Crippen LogP contribution is -2.29. The van der Waals surface area contributed by atoms with Crippen LogP contribution in [0.3, 0.4) is 0 Å². The SMILES string of the molecule is CNc1cccc(C(=O)N2CCC(C)C2)n1. The van der Waals surface area contributed by atoms with Crippen LogP contribution >= 0.6 is 0 Å². The molecule has 2 heterocycles. The molecule has 86 valence electrons. The van der Waals surface area contributed by atoms with Crippen molar-refractivity contribution in [2.75, 3.05) is 25.5 Å². The van der Waals surface area contributed by atoms with Crippen molar-refractivity contribution in [1.82, 2.24) is 9.88 Å². The highest BCUT2D eigenvalue weighted by Crippen LogP contribution is 2.17. The highest BCUT2D eigenvalue weighted by Gasteiger charge is 2.24. The Balaban J connectivity index is 2.14. The van der Waals surface area contributed by atoms with Crippen molar-refractivity contribution in [2.45, 2.75) is 13.3 Å². The maximum absolute atomic E-state index is 12.1. The molecule has 1 fully saturated rings. The summed E-state index contributed by atoms with van der Waals surface area (Å²) in [6.45, 7) is 3.88. The van der Waals surface area contributed by atoms with E-state index in [2.05, 4.69) is 17.2 Å².